The summed E-state index contributed by atoms with van der Waals surface area (Å²) in [6.07, 6.45) is 1.89. The smallest absolute Gasteiger partial charge is 0.268 e. The van der Waals surface area contributed by atoms with Gasteiger partial charge in [0, 0.05) is 29.4 Å². The molecule has 4 rings (SSSR count). The van der Waals surface area contributed by atoms with Crippen LogP contribution in [-0.4, -0.2) is 18.6 Å². The molecular weight excluding hydrogens is 347 g/mol. The first-order valence-corrected chi connectivity index (χ1v) is 8.15. The van der Waals surface area contributed by atoms with Gasteiger partial charge in [-0.2, -0.15) is 0 Å². The number of nitrogens with zero attached hydrogens (tertiary/aromatic N) is 1. The molecular formula is C18H18Cl2N2O2. The number of halogens is 2. The fraction of sp³-hybridized carbons (Fsp3) is 0.278. The monoisotopic (exact) mass is 364 g/mol. The number of fused-ring (bicyclic) bond motifs is 2. The van der Waals surface area contributed by atoms with Crippen LogP contribution in [0.1, 0.15) is 17.5 Å². The van der Waals surface area contributed by atoms with E-state index in [2.05, 4.69) is 0 Å². The Hall–Kier alpha value is -1.91. The molecule has 1 atom stereocenters. The molecule has 0 radical (unpaired) electrons. The zero-order chi connectivity index (χ0) is 16.0. The summed E-state index contributed by atoms with van der Waals surface area (Å²) in [4.78, 5) is 14.8. The van der Waals surface area contributed by atoms with Crippen LogP contribution < -0.4 is 15.4 Å². The quantitative estimate of drug-likeness (QED) is 0.786. The maximum Gasteiger partial charge on any atom is 0.268 e. The molecule has 2 aliphatic rings. The molecule has 2 aromatic rings. The molecule has 0 bridgehead atoms. The number of ether oxygens (including phenoxy) is 1. The summed E-state index contributed by atoms with van der Waals surface area (Å²) in [5.41, 5.74) is 9.77. The second kappa shape index (κ2) is 6.54. The number of benzene rings is 2. The average Bonchev–Trinajstić information content (AvgIpc) is 2.97. The van der Waals surface area contributed by atoms with E-state index < -0.39 is 6.10 Å². The Labute approximate surface area is 151 Å². The highest BCUT2D eigenvalue weighted by Crippen LogP contribution is 2.35. The van der Waals surface area contributed by atoms with Gasteiger partial charge < -0.3 is 15.4 Å². The lowest BCUT2D eigenvalue weighted by Crippen LogP contribution is -2.44. The Morgan fingerprint density at radius 2 is 2.12 bits per heavy atom. The molecule has 2 heterocycles. The Balaban J connectivity index is 0.00000169. The van der Waals surface area contributed by atoms with Crippen LogP contribution in [0.4, 0.5) is 11.4 Å². The van der Waals surface area contributed by atoms with Gasteiger partial charge in [0.15, 0.2) is 6.10 Å². The highest BCUT2D eigenvalue weighted by Gasteiger charge is 2.35. The summed E-state index contributed by atoms with van der Waals surface area (Å²) < 4.78 is 5.84. The topological polar surface area (TPSA) is 55.6 Å². The standard InChI is InChI=1S/C18H17ClN2O2.ClH/c19-12-6-7-16-11(9-12)10-17(23-16)18(22)21-8-2-3-13-14(20)4-1-5-15(13)21;/h1,4-7,9,17H,2-3,8,10,20H2;1H. The lowest BCUT2D eigenvalue weighted by atomic mass is 9.99. The predicted octanol–water partition coefficient (Wildman–Crippen LogP) is 3.63. The van der Waals surface area contributed by atoms with Crippen LogP contribution in [0.5, 0.6) is 5.75 Å². The maximum absolute atomic E-state index is 13.0. The highest BCUT2D eigenvalue weighted by molar-refractivity contribution is 6.30. The molecule has 1 amide bonds. The van der Waals surface area contributed by atoms with E-state index in [0.29, 0.717) is 18.0 Å². The van der Waals surface area contributed by atoms with Crippen LogP contribution in [0.15, 0.2) is 36.4 Å². The van der Waals surface area contributed by atoms with Gasteiger partial charge in [-0.3, -0.25) is 4.79 Å². The largest absolute Gasteiger partial charge is 0.480 e. The first kappa shape index (κ1) is 16.9. The Bertz CT molecular complexity index is 795. The fourth-order valence-corrected chi connectivity index (χ4v) is 3.60. The van der Waals surface area contributed by atoms with Crippen molar-refractivity contribution in [2.45, 2.75) is 25.4 Å². The van der Waals surface area contributed by atoms with E-state index in [0.717, 1.165) is 41.1 Å². The molecule has 4 nitrogen and oxygen atoms in total. The van der Waals surface area contributed by atoms with E-state index in [9.17, 15) is 4.79 Å². The summed E-state index contributed by atoms with van der Waals surface area (Å²) in [5, 5.41) is 0.663. The van der Waals surface area contributed by atoms with Crippen LogP contribution in [-0.2, 0) is 17.6 Å². The van der Waals surface area contributed by atoms with Crippen molar-refractivity contribution in [2.75, 3.05) is 17.2 Å². The third kappa shape index (κ3) is 2.80. The minimum absolute atomic E-state index is 0. The SMILES string of the molecule is Cl.Nc1cccc2c1CCCN2C(=O)C1Cc2cc(Cl)ccc2O1. The van der Waals surface area contributed by atoms with Crippen molar-refractivity contribution in [2.24, 2.45) is 0 Å². The highest BCUT2D eigenvalue weighted by atomic mass is 35.5. The second-order valence-electron chi connectivity index (χ2n) is 6.00. The third-order valence-corrected chi connectivity index (χ3v) is 4.76. The lowest BCUT2D eigenvalue weighted by Gasteiger charge is -2.31. The molecule has 126 valence electrons. The van der Waals surface area contributed by atoms with Crippen LogP contribution in [0.25, 0.3) is 0 Å². The Morgan fingerprint density at radius 1 is 1.29 bits per heavy atom. The fourth-order valence-electron chi connectivity index (χ4n) is 3.41. The molecule has 0 aromatic heterocycles. The van der Waals surface area contributed by atoms with Crippen molar-refractivity contribution >= 4 is 41.3 Å². The number of hydrogen-bond acceptors (Lipinski definition) is 3. The first-order chi connectivity index (χ1) is 11.1. The number of amides is 1. The number of nitrogens with two attached hydrogens (primary N) is 1. The van der Waals surface area contributed by atoms with Crippen LogP contribution in [0.3, 0.4) is 0 Å². The molecule has 0 saturated carbocycles. The van der Waals surface area contributed by atoms with E-state index in [1.807, 2.05) is 35.2 Å². The minimum atomic E-state index is -0.490. The van der Waals surface area contributed by atoms with Crippen molar-refractivity contribution in [1.82, 2.24) is 0 Å². The number of anilines is 2. The molecule has 0 saturated heterocycles. The molecule has 1 unspecified atom stereocenters. The first-order valence-electron chi connectivity index (χ1n) is 7.77. The number of carbonyl (C=O) groups is 1. The maximum atomic E-state index is 13.0. The van der Waals surface area contributed by atoms with E-state index >= 15 is 0 Å². The Morgan fingerprint density at radius 3 is 2.96 bits per heavy atom. The van der Waals surface area contributed by atoms with Gasteiger partial charge in [-0.25, -0.2) is 0 Å². The summed E-state index contributed by atoms with van der Waals surface area (Å²) in [7, 11) is 0. The molecule has 0 fully saturated rings. The average molecular weight is 365 g/mol. The molecule has 0 spiro atoms. The molecule has 2 aromatic carbocycles. The van der Waals surface area contributed by atoms with Crippen LogP contribution in [0, 0.1) is 0 Å². The summed E-state index contributed by atoms with van der Waals surface area (Å²) in [6.45, 7) is 0.701. The van der Waals surface area contributed by atoms with E-state index in [1.165, 1.54) is 0 Å². The summed E-state index contributed by atoms with van der Waals surface area (Å²) in [5.74, 6) is 0.737. The predicted molar refractivity (Wildman–Crippen MR) is 98.3 cm³/mol. The number of carbonyl (C=O) groups excluding carboxylic acids is 1. The molecule has 24 heavy (non-hydrogen) atoms. The van der Waals surface area contributed by atoms with E-state index in [4.69, 9.17) is 22.1 Å². The molecule has 6 heteroatoms. The second-order valence-corrected chi connectivity index (χ2v) is 6.44. The van der Waals surface area contributed by atoms with Crippen molar-refractivity contribution in [1.29, 1.82) is 0 Å². The van der Waals surface area contributed by atoms with Gasteiger partial charge in [0.1, 0.15) is 5.75 Å². The van der Waals surface area contributed by atoms with Gasteiger partial charge in [-0.15, -0.1) is 12.4 Å². The number of rotatable bonds is 1. The van der Waals surface area contributed by atoms with E-state index in [1.54, 1.807) is 6.07 Å². The minimum Gasteiger partial charge on any atom is -0.480 e. The molecule has 2 aliphatic heterocycles. The molecule has 0 aliphatic carbocycles. The zero-order valence-corrected chi connectivity index (χ0v) is 14.6. The van der Waals surface area contributed by atoms with Gasteiger partial charge >= 0.3 is 0 Å². The van der Waals surface area contributed by atoms with E-state index in [-0.39, 0.29) is 18.3 Å². The molecule has 2 N–H and O–H groups in total. The van der Waals surface area contributed by atoms with Gasteiger partial charge in [0.25, 0.3) is 5.91 Å². The normalized spacial score (nSPS) is 18.2. The zero-order valence-electron chi connectivity index (χ0n) is 13.0. The third-order valence-electron chi connectivity index (χ3n) is 4.53. The van der Waals surface area contributed by atoms with Gasteiger partial charge in [0.2, 0.25) is 0 Å². The van der Waals surface area contributed by atoms with Crippen molar-refractivity contribution in [3.05, 3.63) is 52.5 Å². The summed E-state index contributed by atoms with van der Waals surface area (Å²) in [6, 6.07) is 11.2. The van der Waals surface area contributed by atoms with Crippen molar-refractivity contribution < 1.29 is 9.53 Å². The van der Waals surface area contributed by atoms with Gasteiger partial charge in [-0.1, -0.05) is 17.7 Å². The number of nitrogen functional groups attached to an aromatic ring is 1. The number of hydrogen-bond donors (Lipinski definition) is 1. The Kier molecular flexibility index (Phi) is 4.61. The van der Waals surface area contributed by atoms with Gasteiger partial charge in [-0.05, 0) is 54.3 Å². The van der Waals surface area contributed by atoms with Gasteiger partial charge in [0.05, 0.1) is 0 Å². The van der Waals surface area contributed by atoms with Crippen molar-refractivity contribution in [3.8, 4) is 5.75 Å². The van der Waals surface area contributed by atoms with Crippen LogP contribution in [0.2, 0.25) is 5.02 Å². The van der Waals surface area contributed by atoms with Crippen LogP contribution >= 0.6 is 24.0 Å². The summed E-state index contributed by atoms with van der Waals surface area (Å²) >= 11 is 6.02. The lowest BCUT2D eigenvalue weighted by molar-refractivity contribution is -0.124. The van der Waals surface area contributed by atoms with Crippen molar-refractivity contribution in [3.63, 3.8) is 0 Å².